The van der Waals surface area contributed by atoms with Crippen molar-refractivity contribution in [3.05, 3.63) is 48.8 Å². The molecule has 0 saturated heterocycles. The van der Waals surface area contributed by atoms with E-state index in [1.54, 1.807) is 12.3 Å². The third-order valence-corrected chi connectivity index (χ3v) is 5.19. The van der Waals surface area contributed by atoms with E-state index in [2.05, 4.69) is 15.3 Å². The lowest BCUT2D eigenvalue weighted by Gasteiger charge is -2.04. The fourth-order valence-electron chi connectivity index (χ4n) is 3.22. The quantitative estimate of drug-likeness (QED) is 0.539. The van der Waals surface area contributed by atoms with Gasteiger partial charge in [-0.05, 0) is 48.1 Å². The molecule has 4 aromatic rings. The summed E-state index contributed by atoms with van der Waals surface area (Å²) in [6, 6.07) is 11.8. The number of pyridine rings is 1. The second-order valence-electron chi connectivity index (χ2n) is 6.55. The van der Waals surface area contributed by atoms with Crippen LogP contribution in [0.4, 0.5) is 9.70 Å². The average molecular weight is 366 g/mol. The molecule has 3 heterocycles. The highest BCUT2D eigenvalue weighted by atomic mass is 32.2. The number of carbonyl (C=O) groups excluding carboxylic acids is 1. The van der Waals surface area contributed by atoms with Gasteiger partial charge in [-0.25, -0.2) is 8.96 Å². The zero-order valence-electron chi connectivity index (χ0n) is 13.7. The summed E-state index contributed by atoms with van der Waals surface area (Å²) in [5.41, 5.74) is 3.40. The van der Waals surface area contributed by atoms with Crippen molar-refractivity contribution < 1.29 is 8.68 Å². The molecule has 130 valence electrons. The van der Waals surface area contributed by atoms with Gasteiger partial charge in [0.15, 0.2) is 18.0 Å². The Kier molecular flexibility index (Phi) is 3.49. The maximum Gasteiger partial charge on any atom is 0.228 e. The van der Waals surface area contributed by atoms with Crippen LogP contribution in [0.15, 0.2) is 48.8 Å². The second-order valence-corrected chi connectivity index (χ2v) is 7.08. The molecule has 1 fully saturated rings. The van der Waals surface area contributed by atoms with Crippen LogP contribution in [0.3, 0.4) is 0 Å². The Balaban J connectivity index is 1.60. The van der Waals surface area contributed by atoms with Crippen LogP contribution in [0, 0.1) is 5.92 Å². The Bertz CT molecular complexity index is 1150. The molecule has 26 heavy (non-hydrogen) atoms. The molecule has 1 aliphatic carbocycles. The van der Waals surface area contributed by atoms with Gasteiger partial charge in [0, 0.05) is 34.8 Å². The molecule has 5 rings (SSSR count). The van der Waals surface area contributed by atoms with E-state index in [1.165, 1.54) is 3.97 Å². The Morgan fingerprint density at radius 1 is 1.27 bits per heavy atom. The van der Waals surface area contributed by atoms with Crippen LogP contribution >= 0.6 is 12.3 Å². The van der Waals surface area contributed by atoms with Crippen molar-refractivity contribution in [3.63, 3.8) is 0 Å². The van der Waals surface area contributed by atoms with Gasteiger partial charge in [-0.2, -0.15) is 0 Å². The normalized spacial score (nSPS) is 14.2. The molecule has 2 N–H and O–H groups in total. The summed E-state index contributed by atoms with van der Waals surface area (Å²) in [4.78, 5) is 19.6. The van der Waals surface area contributed by atoms with E-state index in [0.717, 1.165) is 40.3 Å². The molecule has 1 amide bonds. The number of benzene rings is 1. The Hall–Kier alpha value is -2.80. The third-order valence-electron chi connectivity index (χ3n) is 4.76. The van der Waals surface area contributed by atoms with Gasteiger partial charge < -0.3 is 10.3 Å². The fraction of sp³-hybridized carbons (Fsp3) is 0.158. The topological polar surface area (TPSA) is 62.7 Å². The molecule has 0 unspecified atom stereocenters. The summed E-state index contributed by atoms with van der Waals surface area (Å²) in [5.74, 6) is 0.535. The van der Waals surface area contributed by atoms with E-state index in [9.17, 15) is 8.68 Å². The number of amides is 1. The number of hydrogen-bond donors (Lipinski definition) is 2. The summed E-state index contributed by atoms with van der Waals surface area (Å²) >= 11 is 0.0990. The maximum atomic E-state index is 13.5. The number of rotatable bonds is 4. The molecular weight excluding hydrogens is 351 g/mol. The van der Waals surface area contributed by atoms with Gasteiger partial charge in [0.2, 0.25) is 5.91 Å². The molecule has 0 aliphatic heterocycles. The first-order valence-corrected chi connectivity index (χ1v) is 9.10. The highest BCUT2D eigenvalue weighted by Crippen LogP contribution is 2.35. The predicted octanol–water partition coefficient (Wildman–Crippen LogP) is 4.91. The Morgan fingerprint density at radius 2 is 2.15 bits per heavy atom. The van der Waals surface area contributed by atoms with E-state index < -0.39 is 0 Å². The minimum absolute atomic E-state index is 0.0136. The number of carbonyl (C=O) groups is 1. The van der Waals surface area contributed by atoms with Crippen LogP contribution in [0.1, 0.15) is 12.8 Å². The van der Waals surface area contributed by atoms with Gasteiger partial charge in [0.25, 0.3) is 0 Å². The molecule has 0 atom stereocenters. The summed E-state index contributed by atoms with van der Waals surface area (Å²) < 4.78 is 14.9. The lowest BCUT2D eigenvalue weighted by atomic mass is 10.0. The average Bonchev–Trinajstić information content (AvgIpc) is 3.30. The molecule has 1 aromatic carbocycles. The zero-order chi connectivity index (χ0) is 17.7. The smallest absolute Gasteiger partial charge is 0.228 e. The largest absolute Gasteiger partial charge is 0.361 e. The lowest BCUT2D eigenvalue weighted by Crippen LogP contribution is -2.14. The first kappa shape index (κ1) is 15.5. The van der Waals surface area contributed by atoms with E-state index in [1.807, 2.05) is 36.5 Å². The number of nitrogens with zero attached hydrogens (tertiary/aromatic N) is 2. The number of nitrogens with one attached hydrogen (secondary N) is 2. The Morgan fingerprint density at radius 3 is 2.96 bits per heavy atom. The van der Waals surface area contributed by atoms with E-state index in [0.29, 0.717) is 11.5 Å². The summed E-state index contributed by atoms with van der Waals surface area (Å²) in [7, 11) is 0. The van der Waals surface area contributed by atoms with Crippen molar-refractivity contribution in [2.45, 2.75) is 12.8 Å². The van der Waals surface area contributed by atoms with Crippen molar-refractivity contribution in [1.82, 2.24) is 13.9 Å². The van der Waals surface area contributed by atoms with Crippen LogP contribution < -0.4 is 5.32 Å². The molecule has 5 nitrogen and oxygen atoms in total. The first-order chi connectivity index (χ1) is 12.7. The highest BCUT2D eigenvalue weighted by Gasteiger charge is 2.29. The lowest BCUT2D eigenvalue weighted by molar-refractivity contribution is -0.117. The number of H-pyrrole nitrogens is 1. The minimum atomic E-state index is -0.0136. The number of aromatic amines is 1. The molecule has 0 bridgehead atoms. The monoisotopic (exact) mass is 366 g/mol. The number of hydrogen-bond acceptors (Lipinski definition) is 3. The van der Waals surface area contributed by atoms with Gasteiger partial charge in [0.05, 0.1) is 0 Å². The van der Waals surface area contributed by atoms with Crippen molar-refractivity contribution in [2.75, 3.05) is 5.32 Å². The maximum absolute atomic E-state index is 13.5. The van der Waals surface area contributed by atoms with Gasteiger partial charge in [0.1, 0.15) is 5.82 Å². The van der Waals surface area contributed by atoms with Gasteiger partial charge in [-0.3, -0.25) is 4.79 Å². The van der Waals surface area contributed by atoms with E-state index >= 15 is 0 Å². The number of aromatic nitrogens is 3. The van der Waals surface area contributed by atoms with Gasteiger partial charge in [-0.15, -0.1) is 3.89 Å². The highest BCUT2D eigenvalue weighted by molar-refractivity contribution is 7.92. The molecule has 7 heteroatoms. The molecule has 3 aromatic heterocycles. The molecular formula is C19H15FN4OS. The standard InChI is InChI=1S/C19H15FN4OS/c20-26-24-10-15(13-4-1-11-7-8-21-16(11)9-13)14-5-6-17(22-18(14)24)23-19(25)12-2-3-12/h1,4-10,12,21H,2-3H2,(H,22,23,25). The van der Waals surface area contributed by atoms with Crippen LogP contribution in [0.2, 0.25) is 0 Å². The molecule has 0 radical (unpaired) electrons. The minimum Gasteiger partial charge on any atom is -0.361 e. The van der Waals surface area contributed by atoms with Crippen LogP contribution in [0.25, 0.3) is 33.1 Å². The Labute approximate surface area is 153 Å². The predicted molar refractivity (Wildman–Crippen MR) is 102 cm³/mol. The van der Waals surface area contributed by atoms with Crippen molar-refractivity contribution >= 4 is 46.0 Å². The molecule has 1 aliphatic rings. The van der Waals surface area contributed by atoms with Gasteiger partial charge >= 0.3 is 0 Å². The van der Waals surface area contributed by atoms with Gasteiger partial charge in [-0.1, -0.05) is 12.1 Å². The summed E-state index contributed by atoms with van der Waals surface area (Å²) in [6.45, 7) is 0. The van der Waals surface area contributed by atoms with Crippen LogP contribution in [-0.4, -0.2) is 19.8 Å². The number of anilines is 1. The second kappa shape index (κ2) is 5.88. The third kappa shape index (κ3) is 2.55. The number of halogens is 1. The zero-order valence-corrected chi connectivity index (χ0v) is 14.5. The molecule has 1 saturated carbocycles. The summed E-state index contributed by atoms with van der Waals surface area (Å²) in [5, 5.41) is 4.78. The number of fused-ring (bicyclic) bond motifs is 2. The summed E-state index contributed by atoms with van der Waals surface area (Å²) in [6.07, 6.45) is 5.48. The van der Waals surface area contributed by atoms with E-state index in [4.69, 9.17) is 0 Å². The SMILES string of the molecule is O=C(Nc1ccc2c(-c3ccc4cc[nH]c4c3)cn(SF)c2n1)C1CC1. The fourth-order valence-corrected chi connectivity index (χ4v) is 3.57. The van der Waals surface area contributed by atoms with Crippen LogP contribution in [0.5, 0.6) is 0 Å². The van der Waals surface area contributed by atoms with Crippen molar-refractivity contribution in [3.8, 4) is 11.1 Å². The van der Waals surface area contributed by atoms with Crippen molar-refractivity contribution in [1.29, 1.82) is 0 Å². The molecule has 0 spiro atoms. The van der Waals surface area contributed by atoms with Crippen LogP contribution in [-0.2, 0) is 4.79 Å². The first-order valence-electron chi connectivity index (χ1n) is 8.42. The van der Waals surface area contributed by atoms with E-state index in [-0.39, 0.29) is 24.2 Å². The van der Waals surface area contributed by atoms with Crippen molar-refractivity contribution in [2.24, 2.45) is 5.92 Å².